The summed E-state index contributed by atoms with van der Waals surface area (Å²) in [5.41, 5.74) is 5.58. The molecule has 1 aliphatic carbocycles. The summed E-state index contributed by atoms with van der Waals surface area (Å²) in [5.74, 6) is 1.28. The van der Waals surface area contributed by atoms with Crippen LogP contribution in [0.5, 0.6) is 11.5 Å². The van der Waals surface area contributed by atoms with Gasteiger partial charge in [0.25, 0.3) is 0 Å². The van der Waals surface area contributed by atoms with E-state index in [4.69, 9.17) is 32.7 Å². The molecule has 206 valence electrons. The minimum Gasteiger partial charge on any atom is -0.494 e. The first-order chi connectivity index (χ1) is 18.9. The molecule has 0 saturated heterocycles. The van der Waals surface area contributed by atoms with Gasteiger partial charge < -0.3 is 19.8 Å². The van der Waals surface area contributed by atoms with Crippen LogP contribution in [0, 0.1) is 0 Å². The Kier molecular flexibility index (Phi) is 8.85. The van der Waals surface area contributed by atoms with Crippen molar-refractivity contribution < 1.29 is 14.3 Å². The summed E-state index contributed by atoms with van der Waals surface area (Å²) in [7, 11) is 0. The lowest BCUT2D eigenvalue weighted by molar-refractivity contribution is 0.135. The number of hydrogen-bond acceptors (Lipinski definition) is 4. The van der Waals surface area contributed by atoms with Gasteiger partial charge in [-0.2, -0.15) is 0 Å². The van der Waals surface area contributed by atoms with Crippen molar-refractivity contribution in [3.8, 4) is 11.5 Å². The summed E-state index contributed by atoms with van der Waals surface area (Å²) >= 11 is 12.4. The zero-order valence-corrected chi connectivity index (χ0v) is 23.9. The van der Waals surface area contributed by atoms with Crippen LogP contribution in [0.4, 0.5) is 4.79 Å². The lowest BCUT2D eigenvalue weighted by Crippen LogP contribution is -2.42. The second-order valence-electron chi connectivity index (χ2n) is 10.4. The lowest BCUT2D eigenvalue weighted by atomic mass is 9.90. The highest BCUT2D eigenvalue weighted by atomic mass is 35.5. The van der Waals surface area contributed by atoms with Crippen LogP contribution < -0.4 is 14.8 Å². The molecule has 2 heterocycles. The molecule has 2 aliphatic rings. The third-order valence-electron chi connectivity index (χ3n) is 7.21. The number of unbranched alkanes of at least 4 members (excludes halogenated alkanes) is 1. The molecule has 0 saturated carbocycles. The highest BCUT2D eigenvalue weighted by molar-refractivity contribution is 6.31. The number of carbonyl (C=O) groups is 1. The molecule has 0 radical (unpaired) electrons. The van der Waals surface area contributed by atoms with E-state index >= 15 is 0 Å². The molecule has 39 heavy (non-hydrogen) atoms. The van der Waals surface area contributed by atoms with Gasteiger partial charge in [-0.3, -0.25) is 4.90 Å². The molecule has 1 amide bonds. The van der Waals surface area contributed by atoms with E-state index < -0.39 is 6.09 Å². The van der Waals surface area contributed by atoms with E-state index in [-0.39, 0.29) is 6.04 Å². The van der Waals surface area contributed by atoms with Gasteiger partial charge in [0.15, 0.2) is 0 Å². The van der Waals surface area contributed by atoms with Crippen LogP contribution in [0.1, 0.15) is 67.2 Å². The Morgan fingerprint density at radius 2 is 1.77 bits per heavy atom. The van der Waals surface area contributed by atoms with Crippen LogP contribution in [0.2, 0.25) is 5.02 Å². The number of aromatic nitrogens is 1. The van der Waals surface area contributed by atoms with E-state index in [1.807, 2.05) is 24.3 Å². The molecule has 1 unspecified atom stereocenters. The molecular weight excluding hydrogens is 533 g/mol. The summed E-state index contributed by atoms with van der Waals surface area (Å²) < 4.78 is 11.8. The maximum absolute atomic E-state index is 13.5. The van der Waals surface area contributed by atoms with Crippen molar-refractivity contribution in [3.63, 3.8) is 0 Å². The number of hydrogen-bond donors (Lipinski definition) is 2. The number of halogens is 2. The number of nitrogens with zero attached hydrogens (tertiary/aromatic N) is 1. The fraction of sp³-hybridized carbons (Fsp3) is 0.387. The molecular formula is C31H35Cl2N3O3. The van der Waals surface area contributed by atoms with Crippen LogP contribution >= 0.6 is 23.2 Å². The lowest BCUT2D eigenvalue weighted by Gasteiger charge is -2.35. The number of rotatable bonds is 9. The van der Waals surface area contributed by atoms with Crippen LogP contribution in [-0.2, 0) is 12.8 Å². The van der Waals surface area contributed by atoms with E-state index in [0.717, 1.165) is 60.7 Å². The van der Waals surface area contributed by atoms with Gasteiger partial charge in [-0.25, -0.2) is 4.79 Å². The highest BCUT2D eigenvalue weighted by Crippen LogP contribution is 2.41. The number of amides is 1. The SMILES string of the molecule is CC(C)NCCCCOc1ccc(C2c3[nH]c4c(c3CCN2C(=O)Oc2ccc(Cl)cc2)C=C(Cl)CC4)cc1. The third kappa shape index (κ3) is 6.63. The third-order valence-corrected chi connectivity index (χ3v) is 7.76. The number of aryl methyl sites for hydroxylation is 1. The van der Waals surface area contributed by atoms with E-state index in [1.54, 1.807) is 29.2 Å². The number of carbonyl (C=O) groups excluding carboxylic acids is 1. The number of aromatic amines is 1. The van der Waals surface area contributed by atoms with Crippen molar-refractivity contribution in [2.75, 3.05) is 19.7 Å². The first kappa shape index (κ1) is 27.6. The van der Waals surface area contributed by atoms with Gasteiger partial charge in [-0.1, -0.05) is 49.2 Å². The van der Waals surface area contributed by atoms with Gasteiger partial charge in [0, 0.05) is 34.0 Å². The molecule has 1 atom stereocenters. The van der Waals surface area contributed by atoms with E-state index in [2.05, 4.69) is 30.2 Å². The average molecular weight is 569 g/mol. The smallest absolute Gasteiger partial charge is 0.416 e. The first-order valence-electron chi connectivity index (χ1n) is 13.7. The van der Waals surface area contributed by atoms with Crippen molar-refractivity contribution in [1.82, 2.24) is 15.2 Å². The van der Waals surface area contributed by atoms with Crippen LogP contribution in [0.3, 0.4) is 0 Å². The maximum Gasteiger partial charge on any atom is 0.416 e. The quantitative estimate of drug-likeness (QED) is 0.263. The summed E-state index contributed by atoms with van der Waals surface area (Å²) in [5, 5.41) is 4.89. The molecule has 0 fully saturated rings. The highest BCUT2D eigenvalue weighted by Gasteiger charge is 2.37. The fourth-order valence-electron chi connectivity index (χ4n) is 5.26. The largest absolute Gasteiger partial charge is 0.494 e. The Labute approximate surface area is 240 Å². The number of fused-ring (bicyclic) bond motifs is 3. The summed E-state index contributed by atoms with van der Waals surface area (Å²) in [6, 6.07) is 15.1. The topological polar surface area (TPSA) is 66.6 Å². The zero-order valence-electron chi connectivity index (χ0n) is 22.4. The van der Waals surface area contributed by atoms with E-state index in [1.165, 1.54) is 16.8 Å². The molecule has 0 spiro atoms. The molecule has 1 aliphatic heterocycles. The molecule has 0 bridgehead atoms. The van der Waals surface area contributed by atoms with E-state index in [9.17, 15) is 4.79 Å². The number of H-pyrrole nitrogens is 1. The maximum atomic E-state index is 13.5. The molecule has 8 heteroatoms. The van der Waals surface area contributed by atoms with Gasteiger partial charge in [-0.05, 0) is 97.8 Å². The summed E-state index contributed by atoms with van der Waals surface area (Å²) in [6.45, 7) is 6.50. The second kappa shape index (κ2) is 12.5. The summed E-state index contributed by atoms with van der Waals surface area (Å²) in [6.07, 6.45) is 6.14. The number of benzene rings is 2. The number of ether oxygens (including phenoxy) is 2. The Morgan fingerprint density at radius 3 is 2.51 bits per heavy atom. The van der Waals surface area contributed by atoms with Crippen molar-refractivity contribution in [2.24, 2.45) is 0 Å². The van der Waals surface area contributed by atoms with Gasteiger partial charge in [0.1, 0.15) is 17.5 Å². The Hall–Kier alpha value is -2.93. The van der Waals surface area contributed by atoms with Crippen LogP contribution in [0.15, 0.2) is 53.6 Å². The predicted octanol–water partition coefficient (Wildman–Crippen LogP) is 7.50. The number of nitrogens with one attached hydrogen (secondary N) is 2. The van der Waals surface area contributed by atoms with Gasteiger partial charge in [0.05, 0.1) is 6.61 Å². The molecule has 2 aromatic carbocycles. The normalized spacial score (nSPS) is 16.5. The Morgan fingerprint density at radius 1 is 1.03 bits per heavy atom. The van der Waals surface area contributed by atoms with Crippen molar-refractivity contribution in [1.29, 1.82) is 0 Å². The molecule has 6 nitrogen and oxygen atoms in total. The minimum absolute atomic E-state index is 0.317. The van der Waals surface area contributed by atoms with Crippen molar-refractivity contribution >= 4 is 35.4 Å². The van der Waals surface area contributed by atoms with Crippen molar-refractivity contribution in [2.45, 2.75) is 58.0 Å². The second-order valence-corrected chi connectivity index (χ2v) is 11.3. The van der Waals surface area contributed by atoms with E-state index in [0.29, 0.717) is 30.0 Å². The molecule has 3 aromatic rings. The van der Waals surface area contributed by atoms with Crippen LogP contribution in [0.25, 0.3) is 6.08 Å². The predicted molar refractivity (Wildman–Crippen MR) is 157 cm³/mol. The molecule has 5 rings (SSSR count). The average Bonchev–Trinajstić information content (AvgIpc) is 3.29. The minimum atomic E-state index is -0.399. The fourth-order valence-corrected chi connectivity index (χ4v) is 5.59. The molecule has 1 aromatic heterocycles. The summed E-state index contributed by atoms with van der Waals surface area (Å²) in [4.78, 5) is 18.9. The molecule has 2 N–H and O–H groups in total. The number of allylic oxidation sites excluding steroid dienone is 1. The van der Waals surface area contributed by atoms with Crippen LogP contribution in [-0.4, -0.2) is 41.7 Å². The van der Waals surface area contributed by atoms with Crippen molar-refractivity contribution in [3.05, 3.63) is 86.7 Å². The monoisotopic (exact) mass is 567 g/mol. The Balaban J connectivity index is 1.36. The zero-order chi connectivity index (χ0) is 27.4. The standard InChI is InChI=1S/C31H35Cl2N3O3/c1-20(2)34-16-3-4-18-38-24-10-5-21(6-11-24)30-29-26(27-19-23(33)9-14-28(27)35-29)15-17-36(30)31(37)39-25-12-7-22(32)8-13-25/h5-8,10-13,19-20,30,34-35H,3-4,9,14-18H2,1-2H3. The first-order valence-corrected chi connectivity index (χ1v) is 14.4. The van der Waals surface area contributed by atoms with Gasteiger partial charge in [0.2, 0.25) is 0 Å². The van der Waals surface area contributed by atoms with Gasteiger partial charge in [-0.15, -0.1) is 0 Å². The Bertz CT molecular complexity index is 1320. The van der Waals surface area contributed by atoms with Gasteiger partial charge >= 0.3 is 6.09 Å².